The Morgan fingerprint density at radius 2 is 2.06 bits per heavy atom. The molecule has 0 radical (unpaired) electrons. The number of methoxy groups -OCH3 is 1. The number of hydrogen-bond acceptors (Lipinski definition) is 6. The molecule has 2 aromatic carbocycles. The Bertz CT molecular complexity index is 1260. The van der Waals surface area contributed by atoms with Gasteiger partial charge in [0.25, 0.3) is 5.91 Å². The highest BCUT2D eigenvalue weighted by molar-refractivity contribution is 5.92. The minimum Gasteiger partial charge on any atom is -0.497 e. The van der Waals surface area contributed by atoms with Gasteiger partial charge in [-0.1, -0.05) is 29.4 Å². The van der Waals surface area contributed by atoms with Crippen molar-refractivity contribution in [2.24, 2.45) is 0 Å². The normalized spacial score (nSPS) is 15.7. The van der Waals surface area contributed by atoms with E-state index in [4.69, 9.17) is 13.7 Å². The Kier molecular flexibility index (Phi) is 5.64. The largest absolute Gasteiger partial charge is 0.497 e. The van der Waals surface area contributed by atoms with Gasteiger partial charge in [-0.25, -0.2) is 9.37 Å². The molecule has 5 rings (SSSR count). The van der Waals surface area contributed by atoms with E-state index in [2.05, 4.69) is 10.1 Å². The molecule has 1 aliphatic rings. The fourth-order valence-corrected chi connectivity index (χ4v) is 4.06. The van der Waals surface area contributed by atoms with E-state index < -0.39 is 0 Å². The topological polar surface area (TPSA) is 81.6 Å². The molecule has 2 aromatic heterocycles. The molecule has 3 heterocycles. The van der Waals surface area contributed by atoms with Crippen molar-refractivity contribution < 1.29 is 22.9 Å². The maximum atomic E-state index is 13.2. The maximum Gasteiger partial charge on any atom is 0.293 e. The van der Waals surface area contributed by atoms with Crippen molar-refractivity contribution in [1.29, 1.82) is 0 Å². The lowest BCUT2D eigenvalue weighted by molar-refractivity contribution is 0.0672. The molecule has 7 nitrogen and oxygen atoms in total. The Labute approximate surface area is 189 Å². The van der Waals surface area contributed by atoms with Crippen molar-refractivity contribution in [1.82, 2.24) is 15.0 Å². The van der Waals surface area contributed by atoms with Crippen molar-refractivity contribution in [3.05, 3.63) is 89.6 Å². The third kappa shape index (κ3) is 4.37. The first-order valence-corrected chi connectivity index (χ1v) is 10.7. The fraction of sp³-hybridized carbons (Fsp3) is 0.240. The second-order valence-electron chi connectivity index (χ2n) is 7.93. The smallest absolute Gasteiger partial charge is 0.293 e. The van der Waals surface area contributed by atoms with Gasteiger partial charge < -0.3 is 18.6 Å². The molecular formula is C25H22FN3O4. The van der Waals surface area contributed by atoms with Crippen molar-refractivity contribution in [2.75, 3.05) is 13.7 Å². The van der Waals surface area contributed by atoms with E-state index in [1.165, 1.54) is 12.1 Å². The van der Waals surface area contributed by atoms with Crippen LogP contribution in [0.15, 0.2) is 69.7 Å². The van der Waals surface area contributed by atoms with Gasteiger partial charge in [0.05, 0.1) is 13.3 Å². The minimum absolute atomic E-state index is 0.165. The zero-order valence-electron chi connectivity index (χ0n) is 18.0. The fourth-order valence-electron chi connectivity index (χ4n) is 4.06. The molecule has 0 spiro atoms. The molecule has 0 aliphatic carbocycles. The van der Waals surface area contributed by atoms with E-state index in [1.807, 2.05) is 24.3 Å². The number of hydrogen-bond donors (Lipinski definition) is 0. The van der Waals surface area contributed by atoms with Crippen LogP contribution in [0.25, 0.3) is 11.3 Å². The SMILES string of the molecule is COc1cccc(-c2cc(C(=O)N3CCC[C@@H]3c3ncc(Cc4ccc(F)cc4)o3)on2)c1. The van der Waals surface area contributed by atoms with E-state index in [-0.39, 0.29) is 23.5 Å². The second kappa shape index (κ2) is 8.90. The van der Waals surface area contributed by atoms with Crippen LogP contribution >= 0.6 is 0 Å². The molecule has 33 heavy (non-hydrogen) atoms. The summed E-state index contributed by atoms with van der Waals surface area (Å²) in [7, 11) is 1.60. The summed E-state index contributed by atoms with van der Waals surface area (Å²) < 4.78 is 29.7. The third-order valence-corrected chi connectivity index (χ3v) is 5.75. The quantitative estimate of drug-likeness (QED) is 0.412. The lowest BCUT2D eigenvalue weighted by Crippen LogP contribution is -2.30. The average molecular weight is 447 g/mol. The first kappa shape index (κ1) is 20.9. The van der Waals surface area contributed by atoms with E-state index >= 15 is 0 Å². The van der Waals surface area contributed by atoms with E-state index in [0.717, 1.165) is 24.0 Å². The van der Waals surface area contributed by atoms with E-state index in [9.17, 15) is 9.18 Å². The van der Waals surface area contributed by atoms with Crippen LogP contribution < -0.4 is 4.74 Å². The van der Waals surface area contributed by atoms with Gasteiger partial charge in [-0.15, -0.1) is 0 Å². The standard InChI is InChI=1S/C25H22FN3O4/c1-31-19-5-2-4-17(13-19)21-14-23(33-28-21)25(30)29-11-3-6-22(29)24-27-15-20(32-24)12-16-7-9-18(26)10-8-16/h2,4-5,7-10,13-15,22H,3,6,11-12H2,1H3/t22-/m1/s1. The Balaban J connectivity index is 1.32. The number of amides is 1. The summed E-state index contributed by atoms with van der Waals surface area (Å²) in [6, 6.07) is 15.0. The van der Waals surface area contributed by atoms with Gasteiger partial charge in [0, 0.05) is 24.6 Å². The first-order chi connectivity index (χ1) is 16.1. The monoisotopic (exact) mass is 447 g/mol. The van der Waals surface area contributed by atoms with Gasteiger partial charge >= 0.3 is 0 Å². The third-order valence-electron chi connectivity index (χ3n) is 5.75. The summed E-state index contributed by atoms with van der Waals surface area (Å²) in [4.78, 5) is 19.3. The molecule has 4 aromatic rings. The summed E-state index contributed by atoms with van der Waals surface area (Å²) in [5.74, 6) is 1.49. The molecule has 1 saturated heterocycles. The van der Waals surface area contributed by atoms with Crippen LogP contribution in [0.2, 0.25) is 0 Å². The highest BCUT2D eigenvalue weighted by atomic mass is 19.1. The number of carbonyl (C=O) groups is 1. The molecule has 1 atom stereocenters. The highest BCUT2D eigenvalue weighted by Crippen LogP contribution is 2.34. The molecule has 1 fully saturated rings. The number of carbonyl (C=O) groups excluding carboxylic acids is 1. The molecule has 1 aliphatic heterocycles. The average Bonchev–Trinajstić information content (AvgIpc) is 3.60. The summed E-state index contributed by atoms with van der Waals surface area (Å²) in [6.07, 6.45) is 3.75. The molecule has 0 unspecified atom stereocenters. The van der Waals surface area contributed by atoms with Crippen LogP contribution in [-0.4, -0.2) is 34.6 Å². The van der Waals surface area contributed by atoms with Crippen molar-refractivity contribution in [2.45, 2.75) is 25.3 Å². The zero-order chi connectivity index (χ0) is 22.8. The molecule has 1 amide bonds. The van der Waals surface area contributed by atoms with E-state index in [0.29, 0.717) is 36.1 Å². The molecular weight excluding hydrogens is 425 g/mol. The molecule has 0 saturated carbocycles. The lowest BCUT2D eigenvalue weighted by atomic mass is 10.1. The number of ether oxygens (including phenoxy) is 1. The van der Waals surface area contributed by atoms with Gasteiger partial charge in [-0.2, -0.15) is 0 Å². The predicted octanol–water partition coefficient (Wildman–Crippen LogP) is 5.05. The number of aromatic nitrogens is 2. The maximum absolute atomic E-state index is 13.2. The number of oxazole rings is 1. The van der Waals surface area contributed by atoms with Crippen LogP contribution in [0.1, 0.15) is 46.7 Å². The van der Waals surface area contributed by atoms with Crippen molar-refractivity contribution >= 4 is 5.91 Å². The van der Waals surface area contributed by atoms with Crippen molar-refractivity contribution in [3.63, 3.8) is 0 Å². The van der Waals surface area contributed by atoms with Gasteiger partial charge in [-0.05, 0) is 42.7 Å². The number of halogens is 1. The Morgan fingerprint density at radius 1 is 1.21 bits per heavy atom. The van der Waals surface area contributed by atoms with Gasteiger partial charge in [0.15, 0.2) is 0 Å². The number of benzene rings is 2. The molecule has 8 heteroatoms. The number of rotatable bonds is 6. The number of likely N-dealkylation sites (tertiary alicyclic amines) is 1. The Morgan fingerprint density at radius 3 is 2.88 bits per heavy atom. The summed E-state index contributed by atoms with van der Waals surface area (Å²) >= 11 is 0. The molecule has 168 valence electrons. The van der Waals surface area contributed by atoms with Gasteiger partial charge in [0.1, 0.15) is 29.1 Å². The van der Waals surface area contributed by atoms with Crippen LogP contribution in [0.4, 0.5) is 4.39 Å². The highest BCUT2D eigenvalue weighted by Gasteiger charge is 2.35. The van der Waals surface area contributed by atoms with Crippen LogP contribution in [0, 0.1) is 5.82 Å². The second-order valence-corrected chi connectivity index (χ2v) is 7.93. The van der Waals surface area contributed by atoms with Crippen molar-refractivity contribution in [3.8, 4) is 17.0 Å². The van der Waals surface area contributed by atoms with Crippen LogP contribution in [0.5, 0.6) is 5.75 Å². The number of nitrogens with zero attached hydrogens (tertiary/aromatic N) is 3. The zero-order valence-corrected chi connectivity index (χ0v) is 18.0. The minimum atomic E-state index is -0.279. The van der Waals surface area contributed by atoms with E-state index in [1.54, 1.807) is 36.4 Å². The van der Waals surface area contributed by atoms with Gasteiger partial charge in [-0.3, -0.25) is 4.79 Å². The predicted molar refractivity (Wildman–Crippen MR) is 117 cm³/mol. The summed E-state index contributed by atoms with van der Waals surface area (Å²) in [5, 5.41) is 4.07. The lowest BCUT2D eigenvalue weighted by Gasteiger charge is -2.20. The molecule has 0 bridgehead atoms. The first-order valence-electron chi connectivity index (χ1n) is 10.7. The van der Waals surface area contributed by atoms with Crippen LogP contribution in [0.3, 0.4) is 0 Å². The van der Waals surface area contributed by atoms with Gasteiger partial charge in [0.2, 0.25) is 11.7 Å². The summed E-state index contributed by atoms with van der Waals surface area (Å²) in [6.45, 7) is 0.578. The molecule has 0 N–H and O–H groups in total. The summed E-state index contributed by atoms with van der Waals surface area (Å²) in [5.41, 5.74) is 2.28. The Hall–Kier alpha value is -3.94. The van der Waals surface area contributed by atoms with Crippen LogP contribution in [-0.2, 0) is 6.42 Å².